The van der Waals surface area contributed by atoms with Gasteiger partial charge in [-0.05, 0) is 36.4 Å². The number of halogens is 1. The van der Waals surface area contributed by atoms with Crippen molar-refractivity contribution in [1.82, 2.24) is 20.4 Å². The van der Waals surface area contributed by atoms with Crippen molar-refractivity contribution >= 4 is 40.5 Å². The highest BCUT2D eigenvalue weighted by Gasteiger charge is 2.10. The molecule has 3 aromatic rings. The molecule has 1 aromatic carbocycles. The predicted octanol–water partition coefficient (Wildman–Crippen LogP) is 2.61. The maximum Gasteiger partial charge on any atom is 0.269 e. The predicted molar refractivity (Wildman–Crippen MR) is 96.5 cm³/mol. The van der Waals surface area contributed by atoms with Gasteiger partial charge in [0, 0.05) is 28.7 Å². The van der Waals surface area contributed by atoms with Crippen LogP contribution < -0.4 is 21.9 Å². The molecule has 0 saturated heterocycles. The number of nitrogens with one attached hydrogen (secondary N) is 3. The average Bonchev–Trinajstić information content (AvgIpc) is 2.64. The number of anilines is 4. The third-order valence-electron chi connectivity index (χ3n) is 3.23. The van der Waals surface area contributed by atoms with Crippen LogP contribution in [0.3, 0.4) is 0 Å². The van der Waals surface area contributed by atoms with Gasteiger partial charge in [0.1, 0.15) is 12.0 Å². The molecule has 0 aliphatic heterocycles. The Bertz CT molecular complexity index is 871. The summed E-state index contributed by atoms with van der Waals surface area (Å²) in [4.78, 5) is 24.0. The summed E-state index contributed by atoms with van der Waals surface area (Å²) in [6.45, 7) is 0. The van der Waals surface area contributed by atoms with Crippen LogP contribution >= 0.6 is 11.6 Å². The molecule has 9 heteroatoms. The molecular formula is C16H14ClN7O. The average molecular weight is 356 g/mol. The van der Waals surface area contributed by atoms with Crippen LogP contribution in [0.2, 0.25) is 5.02 Å². The summed E-state index contributed by atoms with van der Waals surface area (Å²) in [6, 6.07) is 10.3. The zero-order valence-electron chi connectivity index (χ0n) is 12.9. The Morgan fingerprint density at radius 2 is 1.68 bits per heavy atom. The van der Waals surface area contributed by atoms with Crippen molar-refractivity contribution in [3.63, 3.8) is 0 Å². The molecule has 0 radical (unpaired) electrons. The quantitative estimate of drug-likeness (QED) is 0.519. The number of hydrazine groups is 1. The lowest BCUT2D eigenvalue weighted by Gasteiger charge is -2.13. The summed E-state index contributed by atoms with van der Waals surface area (Å²) in [6.07, 6.45) is 4.39. The second-order valence-electron chi connectivity index (χ2n) is 4.93. The van der Waals surface area contributed by atoms with Crippen LogP contribution in [0.1, 0.15) is 10.4 Å². The van der Waals surface area contributed by atoms with E-state index in [0.29, 0.717) is 16.4 Å². The van der Waals surface area contributed by atoms with Gasteiger partial charge in [0.15, 0.2) is 11.6 Å². The van der Waals surface area contributed by atoms with Crippen molar-refractivity contribution < 1.29 is 4.79 Å². The van der Waals surface area contributed by atoms with Crippen molar-refractivity contribution in [2.45, 2.75) is 0 Å². The number of nitrogens with two attached hydrogens (primary N) is 1. The molecule has 0 unspecified atom stereocenters. The molecule has 126 valence electrons. The lowest BCUT2D eigenvalue weighted by molar-refractivity contribution is 0.0962. The van der Waals surface area contributed by atoms with Crippen LogP contribution in [0.4, 0.5) is 23.0 Å². The first kappa shape index (κ1) is 16.5. The molecule has 2 heterocycles. The Hall–Kier alpha value is -3.39. The van der Waals surface area contributed by atoms with E-state index in [4.69, 9.17) is 17.3 Å². The third kappa shape index (κ3) is 4.12. The van der Waals surface area contributed by atoms with E-state index in [-0.39, 0.29) is 17.4 Å². The summed E-state index contributed by atoms with van der Waals surface area (Å²) < 4.78 is 0. The molecule has 0 saturated carbocycles. The molecular weight excluding hydrogens is 342 g/mol. The fraction of sp³-hybridized carbons (Fsp3) is 0. The summed E-state index contributed by atoms with van der Waals surface area (Å²) in [5, 5.41) is 3.69. The van der Waals surface area contributed by atoms with Gasteiger partial charge in [-0.2, -0.15) is 0 Å². The molecule has 0 atom stereocenters. The standard InChI is InChI=1S/C16H14ClN7O/c17-11-1-3-12(4-2-11)22-14-13(18)15(21-9-20-14)23-24-16(25)10-5-7-19-8-6-10/h1-9H,18H2,(H,24,25)(H2,20,21,22,23). The Kier molecular flexibility index (Phi) is 4.91. The number of pyridine rings is 1. The lowest BCUT2D eigenvalue weighted by atomic mass is 10.3. The Labute approximate surface area is 148 Å². The number of carbonyl (C=O) groups excluding carboxylic acids is 1. The molecule has 8 nitrogen and oxygen atoms in total. The molecule has 0 bridgehead atoms. The van der Waals surface area contributed by atoms with E-state index < -0.39 is 0 Å². The highest BCUT2D eigenvalue weighted by Crippen LogP contribution is 2.25. The van der Waals surface area contributed by atoms with Crippen molar-refractivity contribution in [2.24, 2.45) is 0 Å². The summed E-state index contributed by atoms with van der Waals surface area (Å²) in [7, 11) is 0. The maximum atomic E-state index is 12.0. The zero-order valence-corrected chi connectivity index (χ0v) is 13.7. The normalized spacial score (nSPS) is 10.1. The van der Waals surface area contributed by atoms with E-state index in [1.54, 1.807) is 36.4 Å². The fourth-order valence-electron chi connectivity index (χ4n) is 1.96. The maximum absolute atomic E-state index is 12.0. The smallest absolute Gasteiger partial charge is 0.269 e. The number of rotatable bonds is 5. The van der Waals surface area contributed by atoms with Gasteiger partial charge < -0.3 is 11.1 Å². The molecule has 1 amide bonds. The van der Waals surface area contributed by atoms with Gasteiger partial charge in [-0.25, -0.2) is 9.97 Å². The largest absolute Gasteiger partial charge is 0.393 e. The van der Waals surface area contributed by atoms with Crippen molar-refractivity contribution in [3.8, 4) is 0 Å². The summed E-state index contributed by atoms with van der Waals surface area (Å²) >= 11 is 5.86. The van der Waals surface area contributed by atoms with Crippen LogP contribution in [0.5, 0.6) is 0 Å². The van der Waals surface area contributed by atoms with Crippen LogP contribution in [-0.2, 0) is 0 Å². The van der Waals surface area contributed by atoms with Crippen molar-refractivity contribution in [3.05, 3.63) is 65.7 Å². The number of aromatic nitrogens is 3. The third-order valence-corrected chi connectivity index (χ3v) is 3.48. The monoisotopic (exact) mass is 355 g/mol. The van der Waals surface area contributed by atoms with Gasteiger partial charge in [0.2, 0.25) is 0 Å². The van der Waals surface area contributed by atoms with Gasteiger partial charge in [-0.1, -0.05) is 11.6 Å². The highest BCUT2D eigenvalue weighted by atomic mass is 35.5. The van der Waals surface area contributed by atoms with Gasteiger partial charge in [-0.15, -0.1) is 0 Å². The molecule has 0 fully saturated rings. The molecule has 2 aromatic heterocycles. The van der Waals surface area contributed by atoms with Gasteiger partial charge in [0.05, 0.1) is 0 Å². The minimum Gasteiger partial charge on any atom is -0.393 e. The number of nitrogens with zero attached hydrogens (tertiary/aromatic N) is 3. The highest BCUT2D eigenvalue weighted by molar-refractivity contribution is 6.30. The van der Waals surface area contributed by atoms with E-state index in [0.717, 1.165) is 5.69 Å². The Morgan fingerprint density at radius 1 is 1.00 bits per heavy atom. The minimum absolute atomic E-state index is 0.257. The van der Waals surface area contributed by atoms with Gasteiger partial charge >= 0.3 is 0 Å². The fourth-order valence-corrected chi connectivity index (χ4v) is 2.08. The second kappa shape index (κ2) is 7.45. The molecule has 0 aliphatic rings. The number of hydrogen-bond donors (Lipinski definition) is 4. The minimum atomic E-state index is -0.340. The number of amides is 1. The number of nitrogen functional groups attached to an aromatic ring is 1. The van der Waals surface area contributed by atoms with Crippen molar-refractivity contribution in [1.29, 1.82) is 0 Å². The van der Waals surface area contributed by atoms with Gasteiger partial charge in [-0.3, -0.25) is 20.6 Å². The summed E-state index contributed by atoms with van der Waals surface area (Å²) in [5.74, 6) is 0.333. The number of hydrogen-bond acceptors (Lipinski definition) is 7. The van der Waals surface area contributed by atoms with E-state index in [9.17, 15) is 4.79 Å². The zero-order chi connectivity index (χ0) is 17.6. The van der Waals surface area contributed by atoms with E-state index >= 15 is 0 Å². The number of carbonyl (C=O) groups is 1. The van der Waals surface area contributed by atoms with Crippen molar-refractivity contribution in [2.75, 3.05) is 16.5 Å². The molecule has 3 rings (SSSR count). The SMILES string of the molecule is Nc1c(NNC(=O)c2ccncc2)ncnc1Nc1ccc(Cl)cc1. The Morgan fingerprint density at radius 3 is 2.40 bits per heavy atom. The molecule has 25 heavy (non-hydrogen) atoms. The second-order valence-corrected chi connectivity index (χ2v) is 5.37. The van der Waals surface area contributed by atoms with Crippen LogP contribution in [0.15, 0.2) is 55.1 Å². The summed E-state index contributed by atoms with van der Waals surface area (Å²) in [5.41, 5.74) is 12.7. The van der Waals surface area contributed by atoms with Crippen LogP contribution in [-0.4, -0.2) is 20.9 Å². The first-order valence-corrected chi connectivity index (χ1v) is 7.61. The van der Waals surface area contributed by atoms with Crippen LogP contribution in [0, 0.1) is 0 Å². The first-order chi connectivity index (χ1) is 12.1. The van der Waals surface area contributed by atoms with E-state index in [1.807, 2.05) is 0 Å². The topological polar surface area (TPSA) is 118 Å². The molecule has 0 aliphatic carbocycles. The lowest BCUT2D eigenvalue weighted by Crippen LogP contribution is -2.30. The van der Waals surface area contributed by atoms with Crippen LogP contribution in [0.25, 0.3) is 0 Å². The van der Waals surface area contributed by atoms with E-state index in [2.05, 4.69) is 31.1 Å². The molecule has 0 spiro atoms. The first-order valence-electron chi connectivity index (χ1n) is 7.23. The van der Waals surface area contributed by atoms with Gasteiger partial charge in [0.25, 0.3) is 5.91 Å². The Balaban J connectivity index is 1.70. The van der Waals surface area contributed by atoms with E-state index in [1.165, 1.54) is 18.7 Å². The number of benzene rings is 1. The molecule has 5 N–H and O–H groups in total.